The van der Waals surface area contributed by atoms with Crippen molar-refractivity contribution in [3.63, 3.8) is 0 Å². The van der Waals surface area contributed by atoms with Crippen LogP contribution in [0.3, 0.4) is 0 Å². The number of hydrogen-bond donors (Lipinski definition) is 0. The Balaban J connectivity index is 2.59. The third-order valence-corrected chi connectivity index (χ3v) is 3.33. The molecule has 1 aliphatic carbocycles. The summed E-state index contributed by atoms with van der Waals surface area (Å²) < 4.78 is 4.60. The van der Waals surface area contributed by atoms with Gasteiger partial charge in [-0.1, -0.05) is 6.92 Å². The van der Waals surface area contributed by atoms with E-state index in [9.17, 15) is 9.59 Å². The molecular weight excluding hydrogens is 220 g/mol. The summed E-state index contributed by atoms with van der Waals surface area (Å²) in [5, 5.41) is 9.06. The van der Waals surface area contributed by atoms with E-state index < -0.39 is 5.41 Å². The van der Waals surface area contributed by atoms with Crippen LogP contribution in [-0.2, 0) is 14.3 Å². The maximum Gasteiger partial charge on any atom is 0.310 e. The van der Waals surface area contributed by atoms with E-state index >= 15 is 0 Å². The Bertz CT molecular complexity index is 355. The summed E-state index contributed by atoms with van der Waals surface area (Å²) in [5.74, 6) is -0.893. The summed E-state index contributed by atoms with van der Waals surface area (Å²) in [7, 11) is 2.95. The van der Waals surface area contributed by atoms with Crippen molar-refractivity contribution in [2.45, 2.75) is 26.2 Å². The van der Waals surface area contributed by atoms with Gasteiger partial charge in [0.15, 0.2) is 0 Å². The first-order valence-electron chi connectivity index (χ1n) is 5.71. The standard InChI is InChI=1S/C12H18N2O3/c1-9(10(15)17-3)7-14(2)11(16)12(8-13)5-4-6-12/h9H,4-7H2,1-3H3. The number of carbonyl (C=O) groups excluding carboxylic acids is 2. The van der Waals surface area contributed by atoms with Gasteiger partial charge in [-0.15, -0.1) is 0 Å². The first-order valence-corrected chi connectivity index (χ1v) is 5.71. The summed E-state index contributed by atoms with van der Waals surface area (Å²) >= 11 is 0. The van der Waals surface area contributed by atoms with E-state index in [1.165, 1.54) is 12.0 Å². The molecule has 0 aromatic carbocycles. The monoisotopic (exact) mass is 238 g/mol. The van der Waals surface area contributed by atoms with Gasteiger partial charge in [-0.2, -0.15) is 5.26 Å². The van der Waals surface area contributed by atoms with Gasteiger partial charge in [-0.05, 0) is 19.3 Å². The Labute approximate surface area is 101 Å². The topological polar surface area (TPSA) is 70.4 Å². The molecule has 5 heteroatoms. The van der Waals surface area contributed by atoms with Gasteiger partial charge in [-0.3, -0.25) is 9.59 Å². The molecule has 1 aliphatic rings. The van der Waals surface area contributed by atoms with Crippen LogP contribution in [-0.4, -0.2) is 37.5 Å². The fraction of sp³-hybridized carbons (Fsp3) is 0.750. The Kier molecular flexibility index (Phi) is 4.11. The molecule has 1 rings (SSSR count). The van der Waals surface area contributed by atoms with Crippen LogP contribution >= 0.6 is 0 Å². The zero-order valence-corrected chi connectivity index (χ0v) is 10.5. The Morgan fingerprint density at radius 3 is 2.47 bits per heavy atom. The van der Waals surface area contributed by atoms with Crippen molar-refractivity contribution in [1.82, 2.24) is 4.90 Å². The van der Waals surface area contributed by atoms with Crippen molar-refractivity contribution >= 4 is 11.9 Å². The molecule has 0 spiro atoms. The maximum absolute atomic E-state index is 12.1. The summed E-state index contributed by atoms with van der Waals surface area (Å²) in [6.45, 7) is 1.99. The molecule has 1 atom stereocenters. The zero-order valence-electron chi connectivity index (χ0n) is 10.5. The summed E-state index contributed by atoms with van der Waals surface area (Å²) in [6.07, 6.45) is 2.16. The number of methoxy groups -OCH3 is 1. The van der Waals surface area contributed by atoms with Gasteiger partial charge >= 0.3 is 5.97 Å². The lowest BCUT2D eigenvalue weighted by Gasteiger charge is -2.37. The van der Waals surface area contributed by atoms with Gasteiger partial charge in [0, 0.05) is 13.6 Å². The van der Waals surface area contributed by atoms with Crippen molar-refractivity contribution < 1.29 is 14.3 Å². The number of ether oxygens (including phenoxy) is 1. The minimum atomic E-state index is -0.843. The second-order valence-corrected chi connectivity index (χ2v) is 4.66. The van der Waals surface area contributed by atoms with Crippen molar-refractivity contribution in [2.75, 3.05) is 20.7 Å². The fourth-order valence-corrected chi connectivity index (χ4v) is 2.04. The molecule has 1 unspecified atom stereocenters. The zero-order chi connectivity index (χ0) is 13.1. The third-order valence-electron chi connectivity index (χ3n) is 3.33. The molecule has 94 valence electrons. The molecule has 0 aromatic rings. The third kappa shape index (κ3) is 2.57. The van der Waals surface area contributed by atoms with Crippen LogP contribution in [0.15, 0.2) is 0 Å². The van der Waals surface area contributed by atoms with Gasteiger partial charge in [0.25, 0.3) is 0 Å². The van der Waals surface area contributed by atoms with Crippen LogP contribution in [0.1, 0.15) is 26.2 Å². The molecule has 5 nitrogen and oxygen atoms in total. The van der Waals surface area contributed by atoms with Gasteiger partial charge in [-0.25, -0.2) is 0 Å². The SMILES string of the molecule is COC(=O)C(C)CN(C)C(=O)C1(C#N)CCC1. The van der Waals surface area contributed by atoms with E-state index in [0.717, 1.165) is 6.42 Å². The predicted octanol–water partition coefficient (Wildman–Crippen LogP) is 0.948. The van der Waals surface area contributed by atoms with Crippen LogP contribution in [0.25, 0.3) is 0 Å². The fourth-order valence-electron chi connectivity index (χ4n) is 2.04. The molecular formula is C12H18N2O3. The first kappa shape index (κ1) is 13.5. The highest BCUT2D eigenvalue weighted by atomic mass is 16.5. The van der Waals surface area contributed by atoms with Gasteiger partial charge in [0.1, 0.15) is 5.41 Å². The highest BCUT2D eigenvalue weighted by molar-refractivity contribution is 5.86. The maximum atomic E-state index is 12.1. The normalized spacial score (nSPS) is 18.5. The van der Waals surface area contributed by atoms with E-state index in [1.807, 2.05) is 0 Å². The molecule has 1 saturated carbocycles. The molecule has 0 heterocycles. The number of rotatable bonds is 4. The lowest BCUT2D eigenvalue weighted by Crippen LogP contribution is -2.47. The quantitative estimate of drug-likeness (QED) is 0.684. The summed E-state index contributed by atoms with van der Waals surface area (Å²) in [5.41, 5.74) is -0.843. The highest BCUT2D eigenvalue weighted by Gasteiger charge is 2.46. The molecule has 0 radical (unpaired) electrons. The molecule has 1 fully saturated rings. The van der Waals surface area contributed by atoms with E-state index in [1.54, 1.807) is 14.0 Å². The number of amides is 1. The number of carbonyl (C=O) groups is 2. The molecule has 0 aromatic heterocycles. The first-order chi connectivity index (χ1) is 7.96. The van der Waals surface area contributed by atoms with Gasteiger partial charge in [0.05, 0.1) is 19.1 Å². The molecule has 0 aliphatic heterocycles. The minimum Gasteiger partial charge on any atom is -0.469 e. The second kappa shape index (κ2) is 5.17. The van der Waals surface area contributed by atoms with Crippen molar-refractivity contribution in [3.8, 4) is 6.07 Å². The number of hydrogen-bond acceptors (Lipinski definition) is 4. The molecule has 0 saturated heterocycles. The lowest BCUT2D eigenvalue weighted by molar-refractivity contribution is -0.148. The van der Waals surface area contributed by atoms with Crippen LogP contribution in [0.2, 0.25) is 0 Å². The van der Waals surface area contributed by atoms with Crippen LogP contribution < -0.4 is 0 Å². The number of esters is 1. The smallest absolute Gasteiger partial charge is 0.310 e. The lowest BCUT2D eigenvalue weighted by atomic mass is 9.69. The molecule has 0 N–H and O–H groups in total. The van der Waals surface area contributed by atoms with E-state index in [4.69, 9.17) is 5.26 Å². The Morgan fingerprint density at radius 1 is 1.53 bits per heavy atom. The van der Waals surface area contributed by atoms with Gasteiger partial charge in [0.2, 0.25) is 5.91 Å². The number of nitrogens with zero attached hydrogens (tertiary/aromatic N) is 2. The predicted molar refractivity (Wildman–Crippen MR) is 60.7 cm³/mol. The van der Waals surface area contributed by atoms with Crippen molar-refractivity contribution in [2.24, 2.45) is 11.3 Å². The van der Waals surface area contributed by atoms with Crippen molar-refractivity contribution in [1.29, 1.82) is 5.26 Å². The average Bonchev–Trinajstić information content (AvgIpc) is 2.26. The average molecular weight is 238 g/mol. The molecule has 1 amide bonds. The Hall–Kier alpha value is -1.57. The summed E-state index contributed by atoms with van der Waals surface area (Å²) in [4.78, 5) is 24.8. The van der Waals surface area contributed by atoms with E-state index in [2.05, 4.69) is 10.8 Å². The summed E-state index contributed by atoms with van der Waals surface area (Å²) in [6, 6.07) is 2.10. The van der Waals surface area contributed by atoms with Crippen LogP contribution in [0.5, 0.6) is 0 Å². The minimum absolute atomic E-state index is 0.179. The van der Waals surface area contributed by atoms with Crippen LogP contribution in [0, 0.1) is 22.7 Å². The highest BCUT2D eigenvalue weighted by Crippen LogP contribution is 2.41. The molecule has 17 heavy (non-hydrogen) atoms. The largest absolute Gasteiger partial charge is 0.469 e. The van der Waals surface area contributed by atoms with E-state index in [0.29, 0.717) is 12.8 Å². The Morgan fingerprint density at radius 2 is 2.12 bits per heavy atom. The van der Waals surface area contributed by atoms with E-state index in [-0.39, 0.29) is 24.3 Å². The number of nitriles is 1. The van der Waals surface area contributed by atoms with Crippen molar-refractivity contribution in [3.05, 3.63) is 0 Å². The van der Waals surface area contributed by atoms with Gasteiger partial charge < -0.3 is 9.64 Å². The van der Waals surface area contributed by atoms with Crippen LogP contribution in [0.4, 0.5) is 0 Å². The second-order valence-electron chi connectivity index (χ2n) is 4.66. The molecule has 0 bridgehead atoms.